The number of hydrogen-bond acceptors (Lipinski definition) is 3. The van der Waals surface area contributed by atoms with Gasteiger partial charge in [0, 0.05) is 37.8 Å². The molecule has 1 aromatic rings. The Kier molecular flexibility index (Phi) is 6.93. The topological polar surface area (TPSA) is 64.7 Å². The fourth-order valence-electron chi connectivity index (χ4n) is 3.32. The van der Waals surface area contributed by atoms with E-state index in [-0.39, 0.29) is 30.4 Å². The van der Waals surface area contributed by atoms with Crippen molar-refractivity contribution in [3.05, 3.63) is 28.8 Å². The Morgan fingerprint density at radius 2 is 2.20 bits per heavy atom. The van der Waals surface area contributed by atoms with Gasteiger partial charge in [-0.2, -0.15) is 0 Å². The van der Waals surface area contributed by atoms with Crippen LogP contribution in [0.5, 0.6) is 0 Å². The first kappa shape index (κ1) is 19.8. The lowest BCUT2D eigenvalue weighted by atomic mass is 10.1. The third-order valence-corrected chi connectivity index (χ3v) is 4.86. The molecule has 0 aliphatic carbocycles. The normalized spacial score (nSPS) is 19.5. The van der Waals surface area contributed by atoms with E-state index in [9.17, 15) is 9.59 Å². The lowest BCUT2D eigenvalue weighted by Crippen LogP contribution is -2.42. The van der Waals surface area contributed by atoms with Gasteiger partial charge in [0.05, 0.1) is 10.7 Å². The van der Waals surface area contributed by atoms with E-state index in [4.69, 9.17) is 11.6 Å². The molecule has 1 atom stereocenters. The van der Waals surface area contributed by atoms with Crippen LogP contribution in [0, 0.1) is 0 Å². The third kappa shape index (κ3) is 4.19. The Bertz CT molecular complexity index is 635. The highest BCUT2D eigenvalue weighted by Crippen LogP contribution is 2.29. The molecule has 2 aliphatic heterocycles. The van der Waals surface area contributed by atoms with Gasteiger partial charge in [-0.15, -0.1) is 12.4 Å². The maximum atomic E-state index is 13.0. The molecule has 2 fully saturated rings. The molecule has 8 heteroatoms. The average molecular weight is 387 g/mol. The summed E-state index contributed by atoms with van der Waals surface area (Å²) in [6, 6.07) is 5.24. The number of halogens is 2. The predicted molar refractivity (Wildman–Crippen MR) is 102 cm³/mol. The van der Waals surface area contributed by atoms with E-state index in [0.717, 1.165) is 32.5 Å². The van der Waals surface area contributed by atoms with E-state index in [2.05, 4.69) is 17.6 Å². The monoisotopic (exact) mass is 386 g/mol. The number of amides is 3. The zero-order valence-corrected chi connectivity index (χ0v) is 15.8. The van der Waals surface area contributed by atoms with Crippen molar-refractivity contribution < 1.29 is 9.59 Å². The van der Waals surface area contributed by atoms with Crippen LogP contribution in [-0.4, -0.2) is 55.6 Å². The number of hydrogen-bond donors (Lipinski definition) is 2. The van der Waals surface area contributed by atoms with E-state index >= 15 is 0 Å². The van der Waals surface area contributed by atoms with E-state index in [1.807, 2.05) is 4.90 Å². The molecule has 0 spiro atoms. The highest BCUT2D eigenvalue weighted by atomic mass is 35.5. The van der Waals surface area contributed by atoms with Crippen LogP contribution in [0.3, 0.4) is 0 Å². The predicted octanol–water partition coefficient (Wildman–Crippen LogP) is 2.51. The third-order valence-electron chi connectivity index (χ3n) is 4.54. The average Bonchev–Trinajstić information content (AvgIpc) is 3.24. The van der Waals surface area contributed by atoms with Crippen molar-refractivity contribution in [1.82, 2.24) is 15.5 Å². The van der Waals surface area contributed by atoms with Gasteiger partial charge in [-0.25, -0.2) is 4.79 Å². The van der Waals surface area contributed by atoms with Gasteiger partial charge < -0.3 is 15.5 Å². The van der Waals surface area contributed by atoms with Crippen LogP contribution >= 0.6 is 24.0 Å². The zero-order chi connectivity index (χ0) is 17.1. The van der Waals surface area contributed by atoms with Gasteiger partial charge in [-0.1, -0.05) is 18.5 Å². The first-order chi connectivity index (χ1) is 11.6. The highest BCUT2D eigenvalue weighted by molar-refractivity contribution is 6.34. The number of benzene rings is 1. The van der Waals surface area contributed by atoms with Crippen LogP contribution in [0.25, 0.3) is 0 Å². The van der Waals surface area contributed by atoms with Crippen molar-refractivity contribution in [3.63, 3.8) is 0 Å². The van der Waals surface area contributed by atoms with Crippen molar-refractivity contribution in [2.24, 2.45) is 0 Å². The zero-order valence-electron chi connectivity index (χ0n) is 14.3. The summed E-state index contributed by atoms with van der Waals surface area (Å²) in [4.78, 5) is 28.4. The standard InChI is InChI=1S/C17H23ClN4O2.ClH/c1-2-8-21(13-5-6-19-11-13)16(23)12-3-4-14(18)15(10-12)22-9-7-20-17(22)24;/h3-4,10,13,19H,2,5-9,11H2,1H3,(H,20,24);1H. The molecule has 2 saturated heterocycles. The Balaban J connectivity index is 0.00000225. The Labute approximate surface area is 159 Å². The molecule has 0 radical (unpaired) electrons. The maximum absolute atomic E-state index is 13.0. The number of carbonyl (C=O) groups is 2. The lowest BCUT2D eigenvalue weighted by molar-refractivity contribution is 0.0692. The van der Waals surface area contributed by atoms with Crippen molar-refractivity contribution in [1.29, 1.82) is 0 Å². The Morgan fingerprint density at radius 3 is 2.80 bits per heavy atom. The molecule has 6 nitrogen and oxygen atoms in total. The van der Waals surface area contributed by atoms with Crippen LogP contribution in [0.2, 0.25) is 5.02 Å². The molecule has 25 heavy (non-hydrogen) atoms. The fourth-order valence-corrected chi connectivity index (χ4v) is 3.54. The highest BCUT2D eigenvalue weighted by Gasteiger charge is 2.28. The summed E-state index contributed by atoms with van der Waals surface area (Å²) >= 11 is 6.26. The molecule has 138 valence electrons. The quantitative estimate of drug-likeness (QED) is 0.816. The summed E-state index contributed by atoms with van der Waals surface area (Å²) in [5.74, 6) is 0.00284. The Hall–Kier alpha value is -1.50. The van der Waals surface area contributed by atoms with Crippen LogP contribution in [0.1, 0.15) is 30.1 Å². The van der Waals surface area contributed by atoms with E-state index < -0.39 is 0 Å². The molecule has 0 bridgehead atoms. The summed E-state index contributed by atoms with van der Waals surface area (Å²) in [5, 5.41) is 6.55. The van der Waals surface area contributed by atoms with Crippen LogP contribution in [-0.2, 0) is 0 Å². The maximum Gasteiger partial charge on any atom is 0.322 e. The molecule has 1 unspecified atom stereocenters. The number of rotatable bonds is 5. The summed E-state index contributed by atoms with van der Waals surface area (Å²) in [6.45, 7) is 5.72. The van der Waals surface area contributed by atoms with Crippen molar-refractivity contribution in [2.45, 2.75) is 25.8 Å². The molecule has 3 rings (SSSR count). The van der Waals surface area contributed by atoms with Gasteiger partial charge in [0.15, 0.2) is 0 Å². The van der Waals surface area contributed by atoms with Gasteiger partial charge in [0.2, 0.25) is 0 Å². The molecule has 0 aromatic heterocycles. The number of nitrogens with zero attached hydrogens (tertiary/aromatic N) is 2. The number of anilines is 1. The number of urea groups is 1. The van der Waals surface area contributed by atoms with Gasteiger partial charge in [-0.3, -0.25) is 9.69 Å². The first-order valence-corrected chi connectivity index (χ1v) is 8.86. The van der Waals surface area contributed by atoms with Crippen molar-refractivity contribution in [2.75, 3.05) is 37.6 Å². The molecule has 2 N–H and O–H groups in total. The lowest BCUT2D eigenvalue weighted by Gasteiger charge is -2.29. The SMILES string of the molecule is CCCN(C(=O)c1ccc(Cl)c(N2CCNC2=O)c1)C1CCNC1.Cl. The molecule has 2 aliphatic rings. The largest absolute Gasteiger partial charge is 0.336 e. The minimum Gasteiger partial charge on any atom is -0.336 e. The molecule has 1 aromatic carbocycles. The minimum atomic E-state index is -0.174. The van der Waals surface area contributed by atoms with Crippen molar-refractivity contribution in [3.8, 4) is 0 Å². The summed E-state index contributed by atoms with van der Waals surface area (Å²) < 4.78 is 0. The smallest absolute Gasteiger partial charge is 0.322 e. The minimum absolute atomic E-state index is 0. The molecular weight excluding hydrogens is 363 g/mol. The van der Waals surface area contributed by atoms with E-state index in [0.29, 0.717) is 29.4 Å². The second kappa shape index (κ2) is 8.74. The van der Waals surface area contributed by atoms with E-state index in [1.165, 1.54) is 0 Å². The van der Waals surface area contributed by atoms with Gasteiger partial charge >= 0.3 is 6.03 Å². The van der Waals surface area contributed by atoms with Crippen molar-refractivity contribution >= 4 is 41.6 Å². The van der Waals surface area contributed by atoms with Gasteiger partial charge in [0.1, 0.15) is 0 Å². The summed E-state index contributed by atoms with van der Waals surface area (Å²) in [5.41, 5.74) is 1.17. The van der Waals surface area contributed by atoms with Crippen LogP contribution < -0.4 is 15.5 Å². The molecular formula is C17H24Cl2N4O2. The summed E-state index contributed by atoms with van der Waals surface area (Å²) in [7, 11) is 0. The second-order valence-corrected chi connectivity index (χ2v) is 6.60. The van der Waals surface area contributed by atoms with Crippen LogP contribution in [0.4, 0.5) is 10.5 Å². The number of carbonyl (C=O) groups excluding carboxylic acids is 2. The second-order valence-electron chi connectivity index (χ2n) is 6.19. The fraction of sp³-hybridized carbons (Fsp3) is 0.529. The molecule has 2 heterocycles. The Morgan fingerprint density at radius 1 is 1.40 bits per heavy atom. The first-order valence-electron chi connectivity index (χ1n) is 8.48. The van der Waals surface area contributed by atoms with Gasteiger partial charge in [0.25, 0.3) is 5.91 Å². The van der Waals surface area contributed by atoms with Gasteiger partial charge in [-0.05, 0) is 37.6 Å². The molecule has 0 saturated carbocycles. The summed E-state index contributed by atoms with van der Waals surface area (Å²) in [6.07, 6.45) is 1.89. The van der Waals surface area contributed by atoms with E-state index in [1.54, 1.807) is 23.1 Å². The molecule has 3 amide bonds. The van der Waals surface area contributed by atoms with Crippen LogP contribution in [0.15, 0.2) is 18.2 Å². The number of nitrogens with one attached hydrogen (secondary N) is 2.